The van der Waals surface area contributed by atoms with Gasteiger partial charge in [0.1, 0.15) is 5.75 Å². The molecule has 0 spiro atoms. The minimum atomic E-state index is -0.554. The van der Waals surface area contributed by atoms with Gasteiger partial charge in [0, 0.05) is 0 Å². The topological polar surface area (TPSA) is 69.6 Å². The van der Waals surface area contributed by atoms with E-state index in [0.717, 1.165) is 18.4 Å². The van der Waals surface area contributed by atoms with E-state index in [1.807, 2.05) is 13.0 Å². The van der Waals surface area contributed by atoms with Gasteiger partial charge in [0.25, 0.3) is 0 Å². The predicted molar refractivity (Wildman–Crippen MR) is 69.5 cm³/mol. The maximum atomic E-state index is 12.0. The number of aromatic hydroxyl groups is 1. The molecule has 0 saturated heterocycles. The van der Waals surface area contributed by atoms with Crippen molar-refractivity contribution in [1.82, 2.24) is 0 Å². The van der Waals surface area contributed by atoms with Crippen LogP contribution in [0.2, 0.25) is 0 Å². The van der Waals surface area contributed by atoms with Crippen LogP contribution in [0.3, 0.4) is 0 Å². The molecule has 2 atom stereocenters. The van der Waals surface area contributed by atoms with Crippen molar-refractivity contribution >= 4 is 11.6 Å². The Kier molecular flexibility index (Phi) is 3.87. The van der Waals surface area contributed by atoms with Gasteiger partial charge in [-0.2, -0.15) is 0 Å². The number of aliphatic hydroxyl groups excluding tert-OH is 1. The molecule has 1 aromatic carbocycles. The van der Waals surface area contributed by atoms with E-state index in [2.05, 4.69) is 5.32 Å². The predicted octanol–water partition coefficient (Wildman–Crippen LogP) is 2.05. The molecule has 0 bridgehead atoms. The average Bonchev–Trinajstić information content (AvgIpc) is 2.78. The highest BCUT2D eigenvalue weighted by molar-refractivity contribution is 5.94. The lowest BCUT2D eigenvalue weighted by Gasteiger charge is -2.15. The molecule has 0 aromatic heterocycles. The number of phenolic OH excluding ortho intramolecular Hbond substituents is 1. The van der Waals surface area contributed by atoms with Crippen LogP contribution in [0.15, 0.2) is 18.2 Å². The summed E-state index contributed by atoms with van der Waals surface area (Å²) < 4.78 is 0. The molecule has 2 unspecified atom stereocenters. The number of hydrogen-bond donors (Lipinski definition) is 3. The van der Waals surface area contributed by atoms with Gasteiger partial charge in [-0.05, 0) is 43.4 Å². The molecule has 1 aliphatic rings. The Balaban J connectivity index is 2.11. The lowest BCUT2D eigenvalue weighted by atomic mass is 10.0. The molecule has 3 N–H and O–H groups in total. The summed E-state index contributed by atoms with van der Waals surface area (Å²) in [6.45, 7) is 2.01. The zero-order chi connectivity index (χ0) is 13.1. The zero-order valence-corrected chi connectivity index (χ0v) is 10.5. The summed E-state index contributed by atoms with van der Waals surface area (Å²) in [5.41, 5.74) is 1.48. The fraction of sp³-hybridized carbons (Fsp3) is 0.500. The monoisotopic (exact) mass is 249 g/mol. The number of phenols is 1. The van der Waals surface area contributed by atoms with E-state index >= 15 is 0 Å². The van der Waals surface area contributed by atoms with Crippen molar-refractivity contribution < 1.29 is 15.0 Å². The van der Waals surface area contributed by atoms with Gasteiger partial charge in [0.05, 0.1) is 17.7 Å². The molecule has 0 heterocycles. The maximum absolute atomic E-state index is 12.0. The van der Waals surface area contributed by atoms with E-state index in [0.29, 0.717) is 18.5 Å². The number of anilines is 1. The van der Waals surface area contributed by atoms with Crippen LogP contribution in [0.25, 0.3) is 0 Å². The molecule has 4 heteroatoms. The van der Waals surface area contributed by atoms with Crippen LogP contribution in [0.1, 0.15) is 31.7 Å². The smallest absolute Gasteiger partial charge is 0.230 e. The van der Waals surface area contributed by atoms with Crippen molar-refractivity contribution in [2.45, 2.75) is 38.7 Å². The van der Waals surface area contributed by atoms with Crippen LogP contribution < -0.4 is 5.32 Å². The van der Waals surface area contributed by atoms with Gasteiger partial charge in [0.15, 0.2) is 0 Å². The Morgan fingerprint density at radius 2 is 2.22 bits per heavy atom. The van der Waals surface area contributed by atoms with E-state index in [1.165, 1.54) is 0 Å². The molecule has 1 fully saturated rings. The van der Waals surface area contributed by atoms with Crippen LogP contribution in [-0.4, -0.2) is 22.2 Å². The highest BCUT2D eigenvalue weighted by atomic mass is 16.3. The fourth-order valence-electron chi connectivity index (χ4n) is 2.37. The number of amides is 1. The van der Waals surface area contributed by atoms with Gasteiger partial charge in [-0.1, -0.05) is 13.0 Å². The second-order valence-electron chi connectivity index (χ2n) is 4.80. The van der Waals surface area contributed by atoms with Crippen LogP contribution in [0.5, 0.6) is 5.75 Å². The molecule has 0 radical (unpaired) electrons. The first-order valence-corrected chi connectivity index (χ1v) is 6.42. The van der Waals surface area contributed by atoms with E-state index in [1.54, 1.807) is 12.1 Å². The Bertz CT molecular complexity index is 445. The van der Waals surface area contributed by atoms with Crippen molar-refractivity contribution in [3.05, 3.63) is 23.8 Å². The average molecular weight is 249 g/mol. The van der Waals surface area contributed by atoms with E-state index in [4.69, 9.17) is 0 Å². The highest BCUT2D eigenvalue weighted by Gasteiger charge is 2.31. The molecule has 0 aliphatic heterocycles. The Hall–Kier alpha value is -1.55. The van der Waals surface area contributed by atoms with E-state index < -0.39 is 6.10 Å². The lowest BCUT2D eigenvalue weighted by molar-refractivity contribution is -0.122. The van der Waals surface area contributed by atoms with Gasteiger partial charge in [0.2, 0.25) is 5.91 Å². The number of aliphatic hydroxyl groups is 1. The molecule has 1 saturated carbocycles. The lowest BCUT2D eigenvalue weighted by Crippen LogP contribution is -2.28. The van der Waals surface area contributed by atoms with Crippen LogP contribution in [-0.2, 0) is 11.2 Å². The SMILES string of the molecule is CCc1ccc(O)c(NC(=O)C2CCCC2O)c1. The van der Waals surface area contributed by atoms with Crippen LogP contribution in [0.4, 0.5) is 5.69 Å². The van der Waals surface area contributed by atoms with Crippen molar-refractivity contribution in [3.8, 4) is 5.75 Å². The third-order valence-electron chi connectivity index (χ3n) is 3.54. The van der Waals surface area contributed by atoms with E-state index in [9.17, 15) is 15.0 Å². The zero-order valence-electron chi connectivity index (χ0n) is 10.5. The van der Waals surface area contributed by atoms with Gasteiger partial charge in [-0.3, -0.25) is 4.79 Å². The highest BCUT2D eigenvalue weighted by Crippen LogP contribution is 2.29. The minimum absolute atomic E-state index is 0.0630. The van der Waals surface area contributed by atoms with Crippen molar-refractivity contribution in [2.24, 2.45) is 5.92 Å². The molecule has 1 aliphatic carbocycles. The number of benzene rings is 1. The maximum Gasteiger partial charge on any atom is 0.230 e. The molecule has 2 rings (SSSR count). The second-order valence-corrected chi connectivity index (χ2v) is 4.80. The van der Waals surface area contributed by atoms with Crippen LogP contribution >= 0.6 is 0 Å². The van der Waals surface area contributed by atoms with Gasteiger partial charge in [-0.15, -0.1) is 0 Å². The third kappa shape index (κ3) is 2.64. The van der Waals surface area contributed by atoms with Crippen LogP contribution in [0, 0.1) is 5.92 Å². The van der Waals surface area contributed by atoms with Gasteiger partial charge < -0.3 is 15.5 Å². The van der Waals surface area contributed by atoms with Gasteiger partial charge in [-0.25, -0.2) is 0 Å². The Labute approximate surface area is 107 Å². The Morgan fingerprint density at radius 3 is 2.83 bits per heavy atom. The summed E-state index contributed by atoms with van der Waals surface area (Å²) in [5.74, 6) is -0.494. The quantitative estimate of drug-likeness (QED) is 0.718. The second kappa shape index (κ2) is 5.40. The minimum Gasteiger partial charge on any atom is -0.506 e. The summed E-state index contributed by atoms with van der Waals surface area (Å²) in [6, 6.07) is 5.18. The first-order chi connectivity index (χ1) is 8.61. The normalized spacial score (nSPS) is 23.0. The van der Waals surface area contributed by atoms with Crippen molar-refractivity contribution in [1.29, 1.82) is 0 Å². The molecule has 1 amide bonds. The number of rotatable bonds is 3. The van der Waals surface area contributed by atoms with Crippen molar-refractivity contribution in [2.75, 3.05) is 5.32 Å². The molecule has 18 heavy (non-hydrogen) atoms. The summed E-state index contributed by atoms with van der Waals surface area (Å²) in [4.78, 5) is 12.0. The first kappa shape index (κ1) is 12.9. The molecule has 1 aromatic rings. The largest absolute Gasteiger partial charge is 0.506 e. The summed E-state index contributed by atoms with van der Waals surface area (Å²) in [6.07, 6.45) is 2.55. The van der Waals surface area contributed by atoms with Crippen molar-refractivity contribution in [3.63, 3.8) is 0 Å². The molecule has 4 nitrogen and oxygen atoms in total. The summed E-state index contributed by atoms with van der Waals surface area (Å²) in [5, 5.41) is 22.1. The summed E-state index contributed by atoms with van der Waals surface area (Å²) in [7, 11) is 0. The Morgan fingerprint density at radius 1 is 1.44 bits per heavy atom. The molecule has 98 valence electrons. The third-order valence-corrected chi connectivity index (χ3v) is 3.54. The number of hydrogen-bond acceptors (Lipinski definition) is 3. The molecular formula is C14H19NO3. The molecular weight excluding hydrogens is 230 g/mol. The van der Waals surface area contributed by atoms with Gasteiger partial charge >= 0.3 is 0 Å². The summed E-state index contributed by atoms with van der Waals surface area (Å²) >= 11 is 0. The number of carbonyl (C=O) groups is 1. The standard InChI is InChI=1S/C14H19NO3/c1-2-9-6-7-13(17)11(8-9)15-14(18)10-4-3-5-12(10)16/h6-8,10,12,16-17H,2-5H2,1H3,(H,15,18). The fourth-order valence-corrected chi connectivity index (χ4v) is 2.37. The number of nitrogens with one attached hydrogen (secondary N) is 1. The van der Waals surface area contributed by atoms with E-state index in [-0.39, 0.29) is 17.6 Å². The first-order valence-electron chi connectivity index (χ1n) is 6.42. The number of carbonyl (C=O) groups excluding carboxylic acids is 1. The number of aryl methyl sites for hydroxylation is 1.